The highest BCUT2D eigenvalue weighted by atomic mass is 79.9. The number of carbonyl (C=O) groups excluding carboxylic acids is 1. The van der Waals surface area contributed by atoms with E-state index in [-0.39, 0.29) is 5.91 Å². The number of carbonyl (C=O) groups is 1. The Morgan fingerprint density at radius 3 is 2.53 bits per heavy atom. The number of ether oxygens (including phenoxy) is 1. The largest absolute Gasteiger partial charge is 0.494 e. The van der Waals surface area contributed by atoms with Crippen molar-refractivity contribution in [1.29, 1.82) is 0 Å². The highest BCUT2D eigenvalue weighted by Gasteiger charge is 2.33. The third-order valence-electron chi connectivity index (χ3n) is 4.53. The lowest BCUT2D eigenvalue weighted by atomic mass is 10.1. The Balaban J connectivity index is 1.80. The minimum atomic E-state index is -0.214. The Labute approximate surface area is 188 Å². The van der Waals surface area contributed by atoms with E-state index in [1.807, 2.05) is 73.7 Å². The Hall–Kier alpha value is -2.89. The van der Waals surface area contributed by atoms with E-state index in [0.29, 0.717) is 34.4 Å². The van der Waals surface area contributed by atoms with E-state index in [4.69, 9.17) is 16.3 Å². The topological polar surface area (TPSA) is 41.9 Å². The predicted octanol–water partition coefficient (Wildman–Crippen LogP) is 6.34. The van der Waals surface area contributed by atoms with E-state index >= 15 is 0 Å². The zero-order valence-corrected chi connectivity index (χ0v) is 18.5. The van der Waals surface area contributed by atoms with Gasteiger partial charge in [0, 0.05) is 10.0 Å². The van der Waals surface area contributed by atoms with Gasteiger partial charge in [-0.1, -0.05) is 51.8 Å². The van der Waals surface area contributed by atoms with Crippen LogP contribution in [-0.2, 0) is 4.79 Å². The monoisotopic (exact) mass is 480 g/mol. The molecule has 0 radical (unpaired) electrons. The Morgan fingerprint density at radius 2 is 1.83 bits per heavy atom. The summed E-state index contributed by atoms with van der Waals surface area (Å²) >= 11 is 9.90. The van der Waals surface area contributed by atoms with Crippen molar-refractivity contribution in [2.75, 3.05) is 11.5 Å². The number of hydrogen-bond donors (Lipinski definition) is 0. The second-order valence-corrected chi connectivity index (χ2v) is 7.89. The van der Waals surface area contributed by atoms with Crippen LogP contribution in [-0.4, -0.2) is 18.3 Å². The summed E-state index contributed by atoms with van der Waals surface area (Å²) in [6, 6.07) is 22.5. The van der Waals surface area contributed by atoms with Gasteiger partial charge in [-0.05, 0) is 67.1 Å². The zero-order valence-electron chi connectivity index (χ0n) is 16.2. The lowest BCUT2D eigenvalue weighted by Gasteiger charge is -2.19. The van der Waals surface area contributed by atoms with Gasteiger partial charge < -0.3 is 4.74 Å². The van der Waals surface area contributed by atoms with Gasteiger partial charge in [0.1, 0.15) is 17.3 Å². The van der Waals surface area contributed by atoms with Gasteiger partial charge >= 0.3 is 0 Å². The van der Waals surface area contributed by atoms with Gasteiger partial charge in [-0.15, -0.1) is 0 Å². The molecule has 0 saturated carbocycles. The van der Waals surface area contributed by atoms with Crippen LogP contribution in [0, 0.1) is 0 Å². The second-order valence-electron chi connectivity index (χ2n) is 6.57. The molecule has 150 valence electrons. The summed E-state index contributed by atoms with van der Waals surface area (Å²) in [5.41, 5.74) is 2.61. The Bertz CT molecular complexity index is 1160. The molecule has 30 heavy (non-hydrogen) atoms. The first-order valence-electron chi connectivity index (χ1n) is 9.45. The molecule has 3 aromatic rings. The maximum atomic E-state index is 13.4. The Morgan fingerprint density at radius 1 is 1.07 bits per heavy atom. The molecular formula is C24H18BrClN2O2. The van der Waals surface area contributed by atoms with Gasteiger partial charge in [0.25, 0.3) is 5.91 Å². The normalized spacial score (nSPS) is 14.9. The van der Waals surface area contributed by atoms with E-state index in [2.05, 4.69) is 20.9 Å². The van der Waals surface area contributed by atoms with E-state index in [1.54, 1.807) is 17.0 Å². The van der Waals surface area contributed by atoms with Crippen LogP contribution in [0.3, 0.4) is 0 Å². The molecule has 4 nitrogen and oxygen atoms in total. The number of hydrogen-bond acceptors (Lipinski definition) is 3. The summed E-state index contributed by atoms with van der Waals surface area (Å²) < 4.78 is 6.45. The minimum Gasteiger partial charge on any atom is -0.494 e. The van der Waals surface area contributed by atoms with E-state index in [0.717, 1.165) is 15.8 Å². The fourth-order valence-electron chi connectivity index (χ4n) is 3.19. The molecule has 0 aliphatic carbocycles. The molecule has 1 amide bonds. The van der Waals surface area contributed by atoms with Gasteiger partial charge in [0.15, 0.2) is 0 Å². The van der Waals surface area contributed by atoms with E-state index in [1.165, 1.54) is 0 Å². The highest BCUT2D eigenvalue weighted by Crippen LogP contribution is 2.31. The zero-order chi connectivity index (χ0) is 21.1. The fraction of sp³-hybridized carbons (Fsp3) is 0.0833. The maximum Gasteiger partial charge on any atom is 0.282 e. The van der Waals surface area contributed by atoms with Gasteiger partial charge in [-0.2, -0.15) is 0 Å². The number of amidine groups is 1. The summed E-state index contributed by atoms with van der Waals surface area (Å²) in [6.45, 7) is 2.51. The van der Waals surface area contributed by atoms with Crippen molar-refractivity contribution < 1.29 is 9.53 Å². The van der Waals surface area contributed by atoms with Crippen molar-refractivity contribution in [2.24, 2.45) is 4.99 Å². The van der Waals surface area contributed by atoms with Crippen LogP contribution < -0.4 is 9.64 Å². The highest BCUT2D eigenvalue weighted by molar-refractivity contribution is 9.10. The average molecular weight is 482 g/mol. The molecule has 0 spiro atoms. The van der Waals surface area contributed by atoms with Crippen molar-refractivity contribution in [3.8, 4) is 5.75 Å². The Kier molecular flexibility index (Phi) is 6.02. The van der Waals surface area contributed by atoms with Crippen LogP contribution >= 0.6 is 27.5 Å². The fourth-order valence-corrected chi connectivity index (χ4v) is 3.83. The number of amides is 1. The lowest BCUT2D eigenvalue weighted by molar-refractivity contribution is -0.113. The number of nitrogens with zero attached hydrogens (tertiary/aromatic N) is 2. The summed E-state index contributed by atoms with van der Waals surface area (Å²) in [6.07, 6.45) is 1.78. The summed E-state index contributed by atoms with van der Waals surface area (Å²) in [5, 5.41) is 0.531. The van der Waals surface area contributed by atoms with Gasteiger partial charge in [-0.25, -0.2) is 4.99 Å². The molecule has 4 rings (SSSR count). The van der Waals surface area contributed by atoms with Gasteiger partial charge in [0.05, 0.1) is 17.3 Å². The second kappa shape index (κ2) is 8.86. The molecule has 0 N–H and O–H groups in total. The molecule has 3 aromatic carbocycles. The van der Waals surface area contributed by atoms with E-state index < -0.39 is 0 Å². The van der Waals surface area contributed by atoms with Gasteiger partial charge in [0.2, 0.25) is 0 Å². The predicted molar refractivity (Wildman–Crippen MR) is 125 cm³/mol. The van der Waals surface area contributed by atoms with Gasteiger partial charge in [-0.3, -0.25) is 9.69 Å². The molecule has 0 fully saturated rings. The molecule has 0 bridgehead atoms. The molecule has 6 heteroatoms. The minimum absolute atomic E-state index is 0.214. The molecule has 0 saturated heterocycles. The number of anilines is 1. The summed E-state index contributed by atoms with van der Waals surface area (Å²) in [4.78, 5) is 19.6. The van der Waals surface area contributed by atoms with Crippen molar-refractivity contribution in [3.05, 3.63) is 99.1 Å². The standard InChI is InChI=1S/C24H18BrClN2O2/c1-2-30-19-12-10-18(11-13-19)28-23(20-8-3-4-9-21(20)26)27-22(24(28)29)15-16-6-5-7-17(25)14-16/h3-15H,2H2,1H3/b22-15+. The van der Waals surface area contributed by atoms with Crippen LogP contribution in [0.2, 0.25) is 5.02 Å². The maximum absolute atomic E-state index is 13.4. The van der Waals surface area contributed by atoms with Crippen LogP contribution in [0.1, 0.15) is 18.1 Å². The van der Waals surface area contributed by atoms with Crippen molar-refractivity contribution in [2.45, 2.75) is 6.92 Å². The van der Waals surface area contributed by atoms with Crippen LogP contribution in [0.25, 0.3) is 6.08 Å². The summed E-state index contributed by atoms with van der Waals surface area (Å²) in [5.74, 6) is 1.03. The quantitative estimate of drug-likeness (QED) is 0.399. The molecule has 1 aliphatic rings. The molecular weight excluding hydrogens is 464 g/mol. The number of benzene rings is 3. The smallest absolute Gasteiger partial charge is 0.282 e. The lowest BCUT2D eigenvalue weighted by Crippen LogP contribution is -2.32. The van der Waals surface area contributed by atoms with Crippen LogP contribution in [0.4, 0.5) is 5.69 Å². The van der Waals surface area contributed by atoms with Crippen LogP contribution in [0.5, 0.6) is 5.75 Å². The number of rotatable bonds is 5. The first-order valence-corrected chi connectivity index (χ1v) is 10.6. The first-order chi connectivity index (χ1) is 14.6. The van der Waals surface area contributed by atoms with Crippen LogP contribution in [0.15, 0.2) is 88.0 Å². The number of halogens is 2. The first kappa shape index (κ1) is 20.4. The van der Waals surface area contributed by atoms with Crippen molar-refractivity contribution in [3.63, 3.8) is 0 Å². The molecule has 0 atom stereocenters. The molecule has 1 heterocycles. The van der Waals surface area contributed by atoms with E-state index in [9.17, 15) is 4.79 Å². The molecule has 1 aliphatic heterocycles. The third-order valence-corrected chi connectivity index (χ3v) is 5.36. The number of aliphatic imine (C=N–C) groups is 1. The molecule has 0 aromatic heterocycles. The van der Waals surface area contributed by atoms with Crippen molar-refractivity contribution >= 4 is 51.0 Å². The average Bonchev–Trinajstić information content (AvgIpc) is 3.05. The third kappa shape index (κ3) is 4.18. The SMILES string of the molecule is CCOc1ccc(N2C(=O)/C(=C\c3cccc(Br)c3)N=C2c2ccccc2Cl)cc1. The summed E-state index contributed by atoms with van der Waals surface area (Å²) in [7, 11) is 0. The van der Waals surface area contributed by atoms with Crippen molar-refractivity contribution in [1.82, 2.24) is 0 Å². The molecule has 0 unspecified atom stereocenters.